The minimum atomic E-state index is -0.407. The molecule has 4 nitrogen and oxygen atoms in total. The van der Waals surface area contributed by atoms with Crippen LogP contribution in [0.3, 0.4) is 0 Å². The molecule has 0 aliphatic carbocycles. The lowest BCUT2D eigenvalue weighted by Crippen LogP contribution is -2.44. The van der Waals surface area contributed by atoms with Gasteiger partial charge in [-0.1, -0.05) is 62.4 Å². The highest BCUT2D eigenvalue weighted by Crippen LogP contribution is 2.26. The minimum Gasteiger partial charge on any atom is -0.471 e. The first-order valence-corrected chi connectivity index (χ1v) is 8.28. The maximum atomic E-state index is 12.3. The quantitative estimate of drug-likeness (QED) is 0.801. The average molecular weight is 326 g/mol. The SMILES string of the molecule is CC(NC(=O)N(C)Cc1ccccc1)Oc1ccccc1C(C)C. The van der Waals surface area contributed by atoms with Gasteiger partial charge in [-0.25, -0.2) is 4.79 Å². The summed E-state index contributed by atoms with van der Waals surface area (Å²) in [5, 5.41) is 2.88. The van der Waals surface area contributed by atoms with E-state index in [9.17, 15) is 4.79 Å². The standard InChI is InChI=1S/C20H26N2O2/c1-15(2)18-12-8-9-13-19(18)24-16(3)21-20(23)22(4)14-17-10-6-5-7-11-17/h5-13,15-16H,14H2,1-4H3,(H,21,23). The van der Waals surface area contributed by atoms with Gasteiger partial charge < -0.3 is 15.0 Å². The maximum Gasteiger partial charge on any atom is 0.320 e. The molecule has 0 spiro atoms. The molecule has 2 rings (SSSR count). The summed E-state index contributed by atoms with van der Waals surface area (Å²) in [6, 6.07) is 17.7. The molecule has 0 saturated heterocycles. The van der Waals surface area contributed by atoms with E-state index in [2.05, 4.69) is 25.2 Å². The first kappa shape index (κ1) is 17.9. The molecule has 1 atom stereocenters. The highest BCUT2D eigenvalue weighted by atomic mass is 16.5. The van der Waals surface area contributed by atoms with Crippen molar-refractivity contribution in [2.75, 3.05) is 7.05 Å². The van der Waals surface area contributed by atoms with Crippen LogP contribution in [0.2, 0.25) is 0 Å². The second kappa shape index (κ2) is 8.39. The second-order valence-corrected chi connectivity index (χ2v) is 6.24. The third kappa shape index (κ3) is 5.01. The zero-order chi connectivity index (χ0) is 17.5. The highest BCUT2D eigenvalue weighted by molar-refractivity contribution is 5.74. The van der Waals surface area contributed by atoms with Crippen LogP contribution in [0.25, 0.3) is 0 Å². The zero-order valence-corrected chi connectivity index (χ0v) is 14.8. The summed E-state index contributed by atoms with van der Waals surface area (Å²) in [4.78, 5) is 13.9. The van der Waals surface area contributed by atoms with Crippen molar-refractivity contribution in [2.45, 2.75) is 39.5 Å². The van der Waals surface area contributed by atoms with Crippen molar-refractivity contribution < 1.29 is 9.53 Å². The summed E-state index contributed by atoms with van der Waals surface area (Å²) in [5.41, 5.74) is 2.23. The van der Waals surface area contributed by atoms with Crippen LogP contribution in [0.5, 0.6) is 5.75 Å². The molecule has 24 heavy (non-hydrogen) atoms. The van der Waals surface area contributed by atoms with Crippen LogP contribution in [-0.2, 0) is 6.54 Å². The van der Waals surface area contributed by atoms with Gasteiger partial charge in [0.1, 0.15) is 5.75 Å². The van der Waals surface area contributed by atoms with Crippen molar-refractivity contribution in [2.24, 2.45) is 0 Å². The van der Waals surface area contributed by atoms with Crippen LogP contribution in [0.15, 0.2) is 54.6 Å². The number of benzene rings is 2. The summed E-state index contributed by atoms with van der Waals surface area (Å²) >= 11 is 0. The molecule has 0 aromatic heterocycles. The van der Waals surface area contributed by atoms with Crippen LogP contribution in [0.4, 0.5) is 4.79 Å². The molecule has 2 amide bonds. The van der Waals surface area contributed by atoms with E-state index < -0.39 is 6.23 Å². The zero-order valence-electron chi connectivity index (χ0n) is 14.8. The first-order chi connectivity index (χ1) is 11.5. The molecular weight excluding hydrogens is 300 g/mol. The lowest BCUT2D eigenvalue weighted by Gasteiger charge is -2.23. The Balaban J connectivity index is 1.92. The smallest absolute Gasteiger partial charge is 0.320 e. The lowest BCUT2D eigenvalue weighted by molar-refractivity contribution is 0.156. The van der Waals surface area contributed by atoms with Gasteiger partial charge in [0.15, 0.2) is 6.23 Å². The van der Waals surface area contributed by atoms with E-state index in [1.54, 1.807) is 11.9 Å². The molecule has 2 aromatic carbocycles. The van der Waals surface area contributed by atoms with E-state index in [0.717, 1.165) is 16.9 Å². The molecular formula is C20H26N2O2. The van der Waals surface area contributed by atoms with Crippen molar-refractivity contribution in [3.63, 3.8) is 0 Å². The molecule has 0 heterocycles. The van der Waals surface area contributed by atoms with E-state index in [4.69, 9.17) is 4.74 Å². The van der Waals surface area contributed by atoms with Crippen LogP contribution in [0, 0.1) is 0 Å². The monoisotopic (exact) mass is 326 g/mol. The molecule has 2 aromatic rings. The Morgan fingerprint density at radius 2 is 1.67 bits per heavy atom. The predicted octanol–water partition coefficient (Wildman–Crippen LogP) is 4.38. The maximum absolute atomic E-state index is 12.3. The van der Waals surface area contributed by atoms with Gasteiger partial charge in [-0.05, 0) is 30.0 Å². The number of hydrogen-bond donors (Lipinski definition) is 1. The van der Waals surface area contributed by atoms with Crippen molar-refractivity contribution >= 4 is 6.03 Å². The number of nitrogens with one attached hydrogen (secondary N) is 1. The molecule has 128 valence electrons. The van der Waals surface area contributed by atoms with E-state index in [1.165, 1.54) is 0 Å². The largest absolute Gasteiger partial charge is 0.471 e. The molecule has 1 unspecified atom stereocenters. The van der Waals surface area contributed by atoms with Gasteiger partial charge in [-0.15, -0.1) is 0 Å². The Labute approximate surface area is 144 Å². The van der Waals surface area contributed by atoms with E-state index in [1.807, 2.05) is 55.5 Å². The molecule has 0 aliphatic rings. The van der Waals surface area contributed by atoms with Gasteiger partial charge in [0.25, 0.3) is 0 Å². The summed E-state index contributed by atoms with van der Waals surface area (Å²) in [6.45, 7) is 6.64. The van der Waals surface area contributed by atoms with Crippen LogP contribution in [-0.4, -0.2) is 24.2 Å². The Morgan fingerprint density at radius 3 is 2.33 bits per heavy atom. The highest BCUT2D eigenvalue weighted by Gasteiger charge is 2.15. The molecule has 1 N–H and O–H groups in total. The van der Waals surface area contributed by atoms with Crippen molar-refractivity contribution in [1.82, 2.24) is 10.2 Å². The third-order valence-corrected chi connectivity index (χ3v) is 3.78. The summed E-state index contributed by atoms with van der Waals surface area (Å²) in [5.74, 6) is 1.18. The normalized spacial score (nSPS) is 11.9. The second-order valence-electron chi connectivity index (χ2n) is 6.24. The fraction of sp³-hybridized carbons (Fsp3) is 0.350. The van der Waals surface area contributed by atoms with Gasteiger partial charge in [-0.2, -0.15) is 0 Å². The lowest BCUT2D eigenvalue weighted by atomic mass is 10.0. The molecule has 0 radical (unpaired) electrons. The van der Waals surface area contributed by atoms with E-state index >= 15 is 0 Å². The minimum absolute atomic E-state index is 0.159. The average Bonchev–Trinajstić information content (AvgIpc) is 2.55. The van der Waals surface area contributed by atoms with Crippen LogP contribution in [0.1, 0.15) is 37.8 Å². The van der Waals surface area contributed by atoms with Gasteiger partial charge in [-0.3, -0.25) is 0 Å². The van der Waals surface area contributed by atoms with Gasteiger partial charge in [0, 0.05) is 13.6 Å². The number of carbonyl (C=O) groups is 1. The van der Waals surface area contributed by atoms with Crippen molar-refractivity contribution in [1.29, 1.82) is 0 Å². The van der Waals surface area contributed by atoms with Crippen molar-refractivity contribution in [3.05, 3.63) is 65.7 Å². The van der Waals surface area contributed by atoms with Gasteiger partial charge in [0.2, 0.25) is 0 Å². The summed E-state index contributed by atoms with van der Waals surface area (Å²) in [7, 11) is 1.77. The Kier molecular flexibility index (Phi) is 6.24. The molecule has 0 aliphatic heterocycles. The summed E-state index contributed by atoms with van der Waals surface area (Å²) < 4.78 is 5.92. The number of ether oxygens (including phenoxy) is 1. The van der Waals surface area contributed by atoms with Gasteiger partial charge in [0.05, 0.1) is 0 Å². The van der Waals surface area contributed by atoms with Crippen molar-refractivity contribution in [3.8, 4) is 5.75 Å². The molecule has 4 heteroatoms. The summed E-state index contributed by atoms with van der Waals surface area (Å²) in [6.07, 6.45) is -0.407. The topological polar surface area (TPSA) is 41.6 Å². The molecule has 0 bridgehead atoms. The number of amides is 2. The number of hydrogen-bond acceptors (Lipinski definition) is 2. The number of urea groups is 1. The number of carbonyl (C=O) groups excluding carboxylic acids is 1. The Morgan fingerprint density at radius 1 is 1.04 bits per heavy atom. The van der Waals surface area contributed by atoms with Gasteiger partial charge >= 0.3 is 6.03 Å². The van der Waals surface area contributed by atoms with E-state index in [-0.39, 0.29) is 6.03 Å². The first-order valence-electron chi connectivity index (χ1n) is 8.28. The molecule has 0 fully saturated rings. The van der Waals surface area contributed by atoms with E-state index in [0.29, 0.717) is 12.5 Å². The third-order valence-electron chi connectivity index (χ3n) is 3.78. The fourth-order valence-corrected chi connectivity index (χ4v) is 2.50. The predicted molar refractivity (Wildman–Crippen MR) is 97.1 cm³/mol. The molecule has 0 saturated carbocycles. The number of para-hydroxylation sites is 1. The van der Waals surface area contributed by atoms with Crippen LogP contribution < -0.4 is 10.1 Å². The Hall–Kier alpha value is -2.49. The number of rotatable bonds is 6. The van der Waals surface area contributed by atoms with Crippen LogP contribution >= 0.6 is 0 Å². The Bertz CT molecular complexity index is 656. The fourth-order valence-electron chi connectivity index (χ4n) is 2.50. The number of nitrogens with zero attached hydrogens (tertiary/aromatic N) is 1.